The van der Waals surface area contributed by atoms with Crippen molar-refractivity contribution >= 4 is 38.6 Å². The fourth-order valence-electron chi connectivity index (χ4n) is 1.68. The average molecular weight is 361 g/mol. The van der Waals surface area contributed by atoms with Crippen LogP contribution < -0.4 is 5.32 Å². The predicted octanol–water partition coefficient (Wildman–Crippen LogP) is 4.28. The predicted molar refractivity (Wildman–Crippen MR) is 85.8 cm³/mol. The van der Waals surface area contributed by atoms with E-state index in [9.17, 15) is 0 Å². The number of aromatic nitrogens is 1. The van der Waals surface area contributed by atoms with Crippen molar-refractivity contribution < 1.29 is 4.74 Å². The van der Waals surface area contributed by atoms with E-state index >= 15 is 0 Å². The van der Waals surface area contributed by atoms with Crippen molar-refractivity contribution in [2.45, 2.75) is 26.5 Å². The van der Waals surface area contributed by atoms with Gasteiger partial charge in [-0.2, -0.15) is 0 Å². The van der Waals surface area contributed by atoms with Gasteiger partial charge in [-0.15, -0.1) is 22.7 Å². The fraction of sp³-hybridized carbons (Fsp3) is 0.462. The molecule has 0 unspecified atom stereocenters. The molecule has 3 nitrogen and oxygen atoms in total. The maximum absolute atomic E-state index is 5.24. The Morgan fingerprint density at radius 3 is 2.84 bits per heavy atom. The molecule has 0 saturated heterocycles. The highest BCUT2D eigenvalue weighted by molar-refractivity contribution is 9.11. The molecule has 19 heavy (non-hydrogen) atoms. The Labute approximate surface area is 130 Å². The van der Waals surface area contributed by atoms with Crippen LogP contribution in [0.4, 0.5) is 0 Å². The molecule has 0 amide bonds. The summed E-state index contributed by atoms with van der Waals surface area (Å²) in [5, 5.41) is 4.51. The number of nitrogens with zero attached hydrogens (tertiary/aromatic N) is 1. The van der Waals surface area contributed by atoms with Crippen LogP contribution in [-0.2, 0) is 17.9 Å². The van der Waals surface area contributed by atoms with Gasteiger partial charge < -0.3 is 10.1 Å². The van der Waals surface area contributed by atoms with Crippen LogP contribution in [0.15, 0.2) is 15.9 Å². The topological polar surface area (TPSA) is 34.2 Å². The minimum Gasteiger partial charge on any atom is -0.378 e. The number of hydrogen-bond donors (Lipinski definition) is 1. The smallest absolute Gasteiger partial charge is 0.134 e. The molecule has 0 aromatic carbocycles. The fourth-order valence-corrected chi connectivity index (χ4v) is 4.16. The molecule has 0 bridgehead atoms. The van der Waals surface area contributed by atoms with E-state index in [2.05, 4.69) is 40.3 Å². The SMILES string of the molecule is CCCNCc1sc(-c2ccc(Br)s2)nc1COC. The molecule has 6 heteroatoms. The quantitative estimate of drug-likeness (QED) is 0.748. The summed E-state index contributed by atoms with van der Waals surface area (Å²) < 4.78 is 6.38. The molecule has 0 atom stereocenters. The van der Waals surface area contributed by atoms with E-state index < -0.39 is 0 Å². The first-order valence-corrected chi connectivity index (χ1v) is 8.61. The summed E-state index contributed by atoms with van der Waals surface area (Å²) in [5.74, 6) is 0. The number of halogens is 1. The Morgan fingerprint density at radius 1 is 1.37 bits per heavy atom. The number of nitrogens with one attached hydrogen (secondary N) is 1. The molecular weight excluding hydrogens is 344 g/mol. The van der Waals surface area contributed by atoms with Crippen LogP contribution >= 0.6 is 38.6 Å². The molecule has 0 aliphatic heterocycles. The zero-order chi connectivity index (χ0) is 13.7. The second-order valence-corrected chi connectivity index (χ2v) is 7.65. The molecule has 0 radical (unpaired) electrons. The summed E-state index contributed by atoms with van der Waals surface area (Å²) in [4.78, 5) is 7.18. The molecule has 2 rings (SSSR count). The molecule has 0 fully saturated rings. The minimum absolute atomic E-state index is 0.576. The van der Waals surface area contributed by atoms with Crippen LogP contribution in [0.3, 0.4) is 0 Å². The third-order valence-corrected chi connectivity index (χ3v) is 5.45. The molecule has 0 spiro atoms. The normalized spacial score (nSPS) is 11.1. The Hall–Kier alpha value is -0.270. The lowest BCUT2D eigenvalue weighted by atomic mass is 10.3. The zero-order valence-electron chi connectivity index (χ0n) is 11.0. The van der Waals surface area contributed by atoms with E-state index in [1.165, 1.54) is 9.75 Å². The van der Waals surface area contributed by atoms with Crippen molar-refractivity contribution in [1.82, 2.24) is 10.3 Å². The number of thiophene rings is 1. The Kier molecular flexibility index (Phi) is 5.97. The second kappa shape index (κ2) is 7.50. The van der Waals surface area contributed by atoms with Crippen molar-refractivity contribution in [2.24, 2.45) is 0 Å². The van der Waals surface area contributed by atoms with Gasteiger partial charge in [-0.05, 0) is 41.0 Å². The summed E-state index contributed by atoms with van der Waals surface area (Å²) >= 11 is 6.96. The first-order valence-electron chi connectivity index (χ1n) is 6.18. The summed E-state index contributed by atoms with van der Waals surface area (Å²) in [7, 11) is 1.71. The van der Waals surface area contributed by atoms with E-state index in [0.717, 1.165) is 34.0 Å². The van der Waals surface area contributed by atoms with E-state index in [-0.39, 0.29) is 0 Å². The first kappa shape index (κ1) is 15.1. The highest BCUT2D eigenvalue weighted by atomic mass is 79.9. The van der Waals surface area contributed by atoms with Crippen molar-refractivity contribution in [3.05, 3.63) is 26.5 Å². The maximum atomic E-state index is 5.24. The molecule has 2 aromatic rings. The first-order chi connectivity index (χ1) is 9.24. The molecule has 0 aliphatic carbocycles. The maximum Gasteiger partial charge on any atom is 0.134 e. The van der Waals surface area contributed by atoms with Gasteiger partial charge in [0.25, 0.3) is 0 Å². The standard InChI is InChI=1S/C13H17BrN2OS2/c1-3-6-15-7-11-9(8-17-2)16-13(19-11)10-4-5-12(14)18-10/h4-5,15H,3,6-8H2,1-2H3. The van der Waals surface area contributed by atoms with Gasteiger partial charge >= 0.3 is 0 Å². The third-order valence-electron chi connectivity index (χ3n) is 2.56. The van der Waals surface area contributed by atoms with Crippen molar-refractivity contribution in [3.63, 3.8) is 0 Å². The average Bonchev–Trinajstić information content (AvgIpc) is 2.97. The molecular formula is C13H17BrN2OS2. The van der Waals surface area contributed by atoms with Crippen molar-refractivity contribution in [3.8, 4) is 9.88 Å². The van der Waals surface area contributed by atoms with Gasteiger partial charge in [-0.25, -0.2) is 4.98 Å². The van der Waals surface area contributed by atoms with Crippen LogP contribution in [0.5, 0.6) is 0 Å². The molecule has 2 heterocycles. The van der Waals surface area contributed by atoms with Gasteiger partial charge in [0.1, 0.15) is 5.01 Å². The van der Waals surface area contributed by atoms with Gasteiger partial charge in [0, 0.05) is 18.5 Å². The summed E-state index contributed by atoms with van der Waals surface area (Å²) in [6.45, 7) is 4.65. The number of rotatable bonds is 7. The van der Waals surface area contributed by atoms with E-state index in [1.807, 2.05) is 0 Å². The third kappa shape index (κ3) is 4.10. The van der Waals surface area contributed by atoms with E-state index in [1.54, 1.807) is 29.8 Å². The Morgan fingerprint density at radius 2 is 2.21 bits per heavy atom. The zero-order valence-corrected chi connectivity index (χ0v) is 14.3. The summed E-state index contributed by atoms with van der Waals surface area (Å²) in [6, 6.07) is 4.17. The molecule has 0 aliphatic rings. The van der Waals surface area contributed by atoms with E-state index in [0.29, 0.717) is 6.61 Å². The Bertz CT molecular complexity index is 524. The van der Waals surface area contributed by atoms with Gasteiger partial charge in [0.15, 0.2) is 0 Å². The van der Waals surface area contributed by atoms with Gasteiger partial charge in [0.2, 0.25) is 0 Å². The highest BCUT2D eigenvalue weighted by Crippen LogP contribution is 2.35. The number of thiazole rings is 1. The van der Waals surface area contributed by atoms with Crippen molar-refractivity contribution in [1.29, 1.82) is 0 Å². The molecule has 1 N–H and O–H groups in total. The van der Waals surface area contributed by atoms with Gasteiger partial charge in [-0.1, -0.05) is 6.92 Å². The summed E-state index contributed by atoms with van der Waals surface area (Å²) in [6.07, 6.45) is 1.14. The number of methoxy groups -OCH3 is 1. The van der Waals surface area contributed by atoms with Crippen LogP contribution in [0, 0.1) is 0 Å². The van der Waals surface area contributed by atoms with Gasteiger partial charge in [0.05, 0.1) is 21.0 Å². The monoisotopic (exact) mass is 360 g/mol. The lowest BCUT2D eigenvalue weighted by molar-refractivity contribution is 0.181. The molecule has 104 valence electrons. The second-order valence-electron chi connectivity index (χ2n) is 4.10. The van der Waals surface area contributed by atoms with Crippen LogP contribution in [0.2, 0.25) is 0 Å². The Balaban J connectivity index is 2.18. The lowest BCUT2D eigenvalue weighted by Gasteiger charge is -2.02. The minimum atomic E-state index is 0.576. The van der Waals surface area contributed by atoms with E-state index in [4.69, 9.17) is 9.72 Å². The number of ether oxygens (including phenoxy) is 1. The largest absolute Gasteiger partial charge is 0.378 e. The van der Waals surface area contributed by atoms with Crippen LogP contribution in [0.25, 0.3) is 9.88 Å². The summed E-state index contributed by atoms with van der Waals surface area (Å²) in [5.41, 5.74) is 1.05. The van der Waals surface area contributed by atoms with Crippen molar-refractivity contribution in [2.75, 3.05) is 13.7 Å². The van der Waals surface area contributed by atoms with Crippen LogP contribution in [-0.4, -0.2) is 18.6 Å². The lowest BCUT2D eigenvalue weighted by Crippen LogP contribution is -2.14. The molecule has 2 aromatic heterocycles. The number of hydrogen-bond acceptors (Lipinski definition) is 5. The molecule has 0 saturated carbocycles. The van der Waals surface area contributed by atoms with Crippen LogP contribution in [0.1, 0.15) is 23.9 Å². The highest BCUT2D eigenvalue weighted by Gasteiger charge is 2.13. The van der Waals surface area contributed by atoms with Gasteiger partial charge in [-0.3, -0.25) is 0 Å².